The van der Waals surface area contributed by atoms with Gasteiger partial charge in [-0.25, -0.2) is 0 Å². The Bertz CT molecular complexity index is 584. The van der Waals surface area contributed by atoms with Gasteiger partial charge in [0.2, 0.25) is 5.91 Å². The molecule has 0 bridgehead atoms. The van der Waals surface area contributed by atoms with Gasteiger partial charge in [-0.2, -0.15) is 5.10 Å². The summed E-state index contributed by atoms with van der Waals surface area (Å²) in [5.41, 5.74) is 5.03. The maximum Gasteiger partial charge on any atom is 0.224 e. The van der Waals surface area contributed by atoms with E-state index in [9.17, 15) is 4.79 Å². The average Bonchev–Trinajstić information content (AvgIpc) is 2.76. The van der Waals surface area contributed by atoms with Crippen molar-refractivity contribution in [2.24, 2.45) is 0 Å². The number of aromatic amines is 1. The second-order valence-electron chi connectivity index (χ2n) is 4.75. The van der Waals surface area contributed by atoms with Crippen LogP contribution in [-0.4, -0.2) is 16.1 Å². The normalized spacial score (nSPS) is 10.3. The fourth-order valence-electron chi connectivity index (χ4n) is 1.98. The number of nitrogens with zero attached hydrogens (tertiary/aromatic N) is 1. The van der Waals surface area contributed by atoms with Gasteiger partial charge >= 0.3 is 0 Å². The van der Waals surface area contributed by atoms with Crippen LogP contribution in [0.25, 0.3) is 0 Å². The first-order valence-electron chi connectivity index (χ1n) is 6.74. The van der Waals surface area contributed by atoms with Crippen LogP contribution in [0.2, 0.25) is 0 Å². The fraction of sp³-hybridized carbons (Fsp3) is 0.333. The molecular formula is C15H20N4O. The topological polar surface area (TPSA) is 69.8 Å². The molecule has 0 saturated heterocycles. The maximum absolute atomic E-state index is 11.4. The predicted octanol–water partition coefficient (Wildman–Crippen LogP) is 2.99. The summed E-state index contributed by atoms with van der Waals surface area (Å²) in [6.07, 6.45) is 0.477. The number of benzene rings is 1. The highest BCUT2D eigenvalue weighted by Crippen LogP contribution is 2.17. The van der Waals surface area contributed by atoms with Crippen LogP contribution in [0.4, 0.5) is 11.4 Å². The molecule has 5 heteroatoms. The number of carbonyl (C=O) groups excluding carboxylic acids is 1. The Morgan fingerprint density at radius 2 is 2.05 bits per heavy atom. The lowest BCUT2D eigenvalue weighted by Crippen LogP contribution is -2.09. The number of nitrogens with one attached hydrogen (secondary N) is 3. The predicted molar refractivity (Wildman–Crippen MR) is 80.8 cm³/mol. The first-order valence-corrected chi connectivity index (χ1v) is 6.74. The van der Waals surface area contributed by atoms with Crippen LogP contribution in [0, 0.1) is 13.8 Å². The summed E-state index contributed by atoms with van der Waals surface area (Å²) in [5.74, 6) is 0.0173. The van der Waals surface area contributed by atoms with Gasteiger partial charge in [0.1, 0.15) is 0 Å². The van der Waals surface area contributed by atoms with Crippen LogP contribution >= 0.6 is 0 Å². The van der Waals surface area contributed by atoms with E-state index in [0.29, 0.717) is 13.0 Å². The molecule has 0 aliphatic heterocycles. The van der Waals surface area contributed by atoms with Crippen LogP contribution in [0.15, 0.2) is 24.3 Å². The lowest BCUT2D eigenvalue weighted by molar-refractivity contribution is -0.115. The highest BCUT2D eigenvalue weighted by atomic mass is 16.1. The van der Waals surface area contributed by atoms with Gasteiger partial charge in [0.15, 0.2) is 0 Å². The molecule has 3 N–H and O–H groups in total. The van der Waals surface area contributed by atoms with Gasteiger partial charge < -0.3 is 10.6 Å². The molecule has 0 aliphatic carbocycles. The number of aromatic nitrogens is 2. The van der Waals surface area contributed by atoms with E-state index in [4.69, 9.17) is 0 Å². The molecule has 5 nitrogen and oxygen atoms in total. The van der Waals surface area contributed by atoms with E-state index in [0.717, 1.165) is 22.8 Å². The van der Waals surface area contributed by atoms with Crippen LogP contribution < -0.4 is 10.6 Å². The molecule has 1 aromatic heterocycles. The zero-order valence-electron chi connectivity index (χ0n) is 12.1. The molecule has 20 heavy (non-hydrogen) atoms. The largest absolute Gasteiger partial charge is 0.381 e. The van der Waals surface area contributed by atoms with Gasteiger partial charge in [0.05, 0.1) is 5.69 Å². The third-order valence-electron chi connectivity index (χ3n) is 3.22. The van der Waals surface area contributed by atoms with Gasteiger partial charge in [-0.1, -0.05) is 13.0 Å². The molecule has 0 aliphatic rings. The molecule has 0 unspecified atom stereocenters. The van der Waals surface area contributed by atoms with Crippen molar-refractivity contribution in [2.75, 3.05) is 10.6 Å². The zero-order valence-corrected chi connectivity index (χ0v) is 12.1. The lowest BCUT2D eigenvalue weighted by atomic mass is 10.2. The van der Waals surface area contributed by atoms with Crippen molar-refractivity contribution in [3.63, 3.8) is 0 Å². The Kier molecular flexibility index (Phi) is 4.40. The number of carbonyl (C=O) groups is 1. The van der Waals surface area contributed by atoms with E-state index in [2.05, 4.69) is 20.8 Å². The minimum Gasteiger partial charge on any atom is -0.381 e. The second kappa shape index (κ2) is 6.23. The molecule has 2 rings (SSSR count). The summed E-state index contributed by atoms with van der Waals surface area (Å²) in [4.78, 5) is 11.4. The molecule has 1 amide bonds. The van der Waals surface area contributed by atoms with Crippen molar-refractivity contribution >= 4 is 17.3 Å². The third-order valence-corrected chi connectivity index (χ3v) is 3.22. The minimum absolute atomic E-state index is 0.0173. The molecule has 0 radical (unpaired) electrons. The first-order chi connectivity index (χ1) is 9.60. The molecule has 0 spiro atoms. The van der Waals surface area contributed by atoms with Gasteiger partial charge in [0, 0.05) is 35.6 Å². The van der Waals surface area contributed by atoms with E-state index >= 15 is 0 Å². The molecule has 0 fully saturated rings. The Morgan fingerprint density at radius 1 is 1.30 bits per heavy atom. The SMILES string of the molecule is CCC(=O)Nc1cccc(NCc2c(C)n[nH]c2C)c1. The number of hydrogen-bond donors (Lipinski definition) is 3. The Balaban J connectivity index is 2.03. The number of anilines is 2. The van der Waals surface area contributed by atoms with E-state index in [1.54, 1.807) is 0 Å². The van der Waals surface area contributed by atoms with Gasteiger partial charge in [-0.05, 0) is 32.0 Å². The van der Waals surface area contributed by atoms with Crippen molar-refractivity contribution in [1.82, 2.24) is 10.2 Å². The van der Waals surface area contributed by atoms with E-state index in [1.165, 1.54) is 5.56 Å². The number of hydrogen-bond acceptors (Lipinski definition) is 3. The van der Waals surface area contributed by atoms with Crippen molar-refractivity contribution in [3.05, 3.63) is 41.2 Å². The highest BCUT2D eigenvalue weighted by Gasteiger charge is 2.06. The summed E-state index contributed by atoms with van der Waals surface area (Å²) in [6.45, 7) is 6.54. The third kappa shape index (κ3) is 3.38. The van der Waals surface area contributed by atoms with Crippen LogP contribution in [-0.2, 0) is 11.3 Å². The Morgan fingerprint density at radius 3 is 2.70 bits per heavy atom. The molecule has 2 aromatic rings. The Hall–Kier alpha value is -2.30. The molecule has 0 atom stereocenters. The molecule has 106 valence electrons. The fourth-order valence-corrected chi connectivity index (χ4v) is 1.98. The van der Waals surface area contributed by atoms with E-state index in [-0.39, 0.29) is 5.91 Å². The number of aryl methyl sites for hydroxylation is 2. The van der Waals surface area contributed by atoms with Gasteiger partial charge in [0.25, 0.3) is 0 Å². The lowest BCUT2D eigenvalue weighted by Gasteiger charge is -2.09. The van der Waals surface area contributed by atoms with Crippen molar-refractivity contribution < 1.29 is 4.79 Å². The van der Waals surface area contributed by atoms with Crippen molar-refractivity contribution in [2.45, 2.75) is 33.7 Å². The first kappa shape index (κ1) is 14.1. The average molecular weight is 272 g/mol. The zero-order chi connectivity index (χ0) is 14.5. The molecular weight excluding hydrogens is 252 g/mol. The second-order valence-corrected chi connectivity index (χ2v) is 4.75. The molecule has 0 saturated carbocycles. The van der Waals surface area contributed by atoms with E-state index in [1.807, 2.05) is 45.0 Å². The van der Waals surface area contributed by atoms with Crippen LogP contribution in [0.5, 0.6) is 0 Å². The van der Waals surface area contributed by atoms with Crippen LogP contribution in [0.3, 0.4) is 0 Å². The maximum atomic E-state index is 11.4. The molecule has 1 heterocycles. The number of rotatable bonds is 5. The summed E-state index contributed by atoms with van der Waals surface area (Å²) in [7, 11) is 0. The van der Waals surface area contributed by atoms with Gasteiger partial charge in [-0.3, -0.25) is 9.89 Å². The highest BCUT2D eigenvalue weighted by molar-refractivity contribution is 5.90. The Labute approximate surface area is 118 Å². The quantitative estimate of drug-likeness (QED) is 0.783. The van der Waals surface area contributed by atoms with E-state index < -0.39 is 0 Å². The number of amides is 1. The minimum atomic E-state index is 0.0173. The van der Waals surface area contributed by atoms with Crippen LogP contribution in [0.1, 0.15) is 30.3 Å². The monoisotopic (exact) mass is 272 g/mol. The summed E-state index contributed by atoms with van der Waals surface area (Å²) >= 11 is 0. The summed E-state index contributed by atoms with van der Waals surface area (Å²) in [6, 6.07) is 7.71. The smallest absolute Gasteiger partial charge is 0.224 e. The van der Waals surface area contributed by atoms with Crippen molar-refractivity contribution in [3.8, 4) is 0 Å². The number of H-pyrrole nitrogens is 1. The summed E-state index contributed by atoms with van der Waals surface area (Å²) in [5, 5.41) is 13.3. The summed E-state index contributed by atoms with van der Waals surface area (Å²) < 4.78 is 0. The van der Waals surface area contributed by atoms with Gasteiger partial charge in [-0.15, -0.1) is 0 Å². The molecule has 1 aromatic carbocycles. The van der Waals surface area contributed by atoms with Crippen molar-refractivity contribution in [1.29, 1.82) is 0 Å². The standard InChI is InChI=1S/C15H20N4O/c1-4-15(20)17-13-7-5-6-12(8-13)16-9-14-10(2)18-19-11(14)3/h5-8,16H,4,9H2,1-3H3,(H,17,20)(H,18,19).